The normalized spacial score (nSPS) is 22.1. The lowest BCUT2D eigenvalue weighted by Crippen LogP contribution is -2.44. The van der Waals surface area contributed by atoms with E-state index in [9.17, 15) is 4.79 Å². The van der Waals surface area contributed by atoms with E-state index < -0.39 is 0 Å². The Bertz CT molecular complexity index is 421. The number of carbonyl (C=O) groups excluding carboxylic acids is 1. The summed E-state index contributed by atoms with van der Waals surface area (Å²) in [6, 6.07) is 10.4. The summed E-state index contributed by atoms with van der Waals surface area (Å²) in [4.78, 5) is 11.9. The Balaban J connectivity index is 1.76. The molecule has 1 aromatic carbocycles. The van der Waals surface area contributed by atoms with Crippen LogP contribution in [0.2, 0.25) is 0 Å². The predicted octanol–water partition coefficient (Wildman–Crippen LogP) is 1.96. The van der Waals surface area contributed by atoms with Crippen molar-refractivity contribution in [3.8, 4) is 0 Å². The second-order valence-electron chi connectivity index (χ2n) is 5.14. The maximum absolute atomic E-state index is 11.9. The first-order chi connectivity index (χ1) is 9.74. The van der Waals surface area contributed by atoms with Gasteiger partial charge in [0.25, 0.3) is 0 Å². The maximum Gasteiger partial charge on any atom is 0.315 e. The van der Waals surface area contributed by atoms with E-state index in [2.05, 4.69) is 22.8 Å². The minimum Gasteiger partial charge on any atom is -0.396 e. The van der Waals surface area contributed by atoms with Gasteiger partial charge in [-0.1, -0.05) is 30.3 Å². The predicted molar refractivity (Wildman–Crippen MR) is 83.1 cm³/mol. The number of aliphatic hydroxyl groups is 1. The molecule has 0 radical (unpaired) electrons. The van der Waals surface area contributed by atoms with Crippen molar-refractivity contribution in [3.05, 3.63) is 35.9 Å². The number of thioether (sulfide) groups is 1. The first-order valence-corrected chi connectivity index (χ1v) is 8.35. The molecule has 3 unspecified atom stereocenters. The first-order valence-electron chi connectivity index (χ1n) is 6.96. The summed E-state index contributed by atoms with van der Waals surface area (Å²) in [5, 5.41) is 14.9. The van der Waals surface area contributed by atoms with E-state index in [-0.39, 0.29) is 24.7 Å². The van der Waals surface area contributed by atoms with E-state index in [1.54, 1.807) is 11.8 Å². The average Bonchev–Trinajstić information content (AvgIpc) is 3.19. The molecule has 110 valence electrons. The van der Waals surface area contributed by atoms with Crippen LogP contribution in [0.25, 0.3) is 0 Å². The molecule has 0 aromatic heterocycles. The van der Waals surface area contributed by atoms with E-state index in [1.807, 2.05) is 24.5 Å². The lowest BCUT2D eigenvalue weighted by atomic mass is 10.1. The molecule has 1 fully saturated rings. The fraction of sp³-hybridized carbons (Fsp3) is 0.533. The van der Waals surface area contributed by atoms with Crippen LogP contribution in [-0.2, 0) is 0 Å². The van der Waals surface area contributed by atoms with Crippen molar-refractivity contribution < 1.29 is 9.90 Å². The van der Waals surface area contributed by atoms with Crippen LogP contribution in [0.1, 0.15) is 24.3 Å². The number of amides is 2. The fourth-order valence-corrected chi connectivity index (χ4v) is 3.03. The zero-order chi connectivity index (χ0) is 14.4. The van der Waals surface area contributed by atoms with Crippen molar-refractivity contribution in [1.29, 1.82) is 0 Å². The van der Waals surface area contributed by atoms with Gasteiger partial charge in [0.2, 0.25) is 0 Å². The topological polar surface area (TPSA) is 61.4 Å². The molecule has 1 aliphatic rings. The van der Waals surface area contributed by atoms with Gasteiger partial charge in [0.15, 0.2) is 0 Å². The standard InChI is InChI=1S/C15H22N2O2S/c1-20-10-12(7-8-18)16-15(19)17-14-9-13(14)11-5-3-2-4-6-11/h2-6,12-14,18H,7-10H2,1H3,(H2,16,17,19). The van der Waals surface area contributed by atoms with Crippen molar-refractivity contribution in [2.24, 2.45) is 0 Å². The molecule has 4 nitrogen and oxygen atoms in total. The number of benzene rings is 1. The zero-order valence-electron chi connectivity index (χ0n) is 11.7. The summed E-state index contributed by atoms with van der Waals surface area (Å²) in [5.41, 5.74) is 1.29. The number of hydrogen-bond acceptors (Lipinski definition) is 3. The van der Waals surface area contributed by atoms with Gasteiger partial charge < -0.3 is 15.7 Å². The Hall–Kier alpha value is -1.20. The Morgan fingerprint density at radius 1 is 1.45 bits per heavy atom. The molecular weight excluding hydrogens is 272 g/mol. The van der Waals surface area contributed by atoms with Gasteiger partial charge in [-0.15, -0.1) is 0 Å². The lowest BCUT2D eigenvalue weighted by molar-refractivity contribution is 0.231. The number of carbonyl (C=O) groups is 1. The molecular formula is C15H22N2O2S. The molecule has 0 saturated heterocycles. The fourth-order valence-electron chi connectivity index (χ4n) is 2.37. The van der Waals surface area contributed by atoms with E-state index in [0.717, 1.165) is 12.2 Å². The van der Waals surface area contributed by atoms with Gasteiger partial charge in [-0.2, -0.15) is 11.8 Å². The third-order valence-electron chi connectivity index (χ3n) is 3.52. The van der Waals surface area contributed by atoms with Crippen molar-refractivity contribution in [1.82, 2.24) is 10.6 Å². The third-order valence-corrected chi connectivity index (χ3v) is 4.25. The molecule has 0 heterocycles. The number of rotatable bonds is 7. The molecule has 3 atom stereocenters. The highest BCUT2D eigenvalue weighted by atomic mass is 32.2. The quantitative estimate of drug-likeness (QED) is 0.720. The molecule has 0 aliphatic heterocycles. The van der Waals surface area contributed by atoms with E-state index in [4.69, 9.17) is 5.11 Å². The molecule has 20 heavy (non-hydrogen) atoms. The summed E-state index contributed by atoms with van der Waals surface area (Å²) in [6.45, 7) is 0.0988. The lowest BCUT2D eigenvalue weighted by Gasteiger charge is -2.17. The minimum atomic E-state index is -0.124. The van der Waals surface area contributed by atoms with Crippen molar-refractivity contribution >= 4 is 17.8 Å². The zero-order valence-corrected chi connectivity index (χ0v) is 12.5. The maximum atomic E-state index is 11.9. The molecule has 1 aliphatic carbocycles. The Labute approximate surface area is 124 Å². The van der Waals surface area contributed by atoms with Gasteiger partial charge in [-0.25, -0.2) is 4.79 Å². The highest BCUT2D eigenvalue weighted by molar-refractivity contribution is 7.98. The van der Waals surface area contributed by atoms with Gasteiger partial charge in [0, 0.05) is 30.4 Å². The number of aliphatic hydroxyl groups excluding tert-OH is 1. The van der Waals surface area contributed by atoms with Crippen molar-refractivity contribution in [3.63, 3.8) is 0 Å². The van der Waals surface area contributed by atoms with Crippen molar-refractivity contribution in [2.75, 3.05) is 18.6 Å². The molecule has 3 N–H and O–H groups in total. The molecule has 0 spiro atoms. The van der Waals surface area contributed by atoms with Gasteiger partial charge in [-0.3, -0.25) is 0 Å². The largest absolute Gasteiger partial charge is 0.396 e. The van der Waals surface area contributed by atoms with Crippen LogP contribution in [0.5, 0.6) is 0 Å². The molecule has 0 bridgehead atoms. The number of nitrogens with one attached hydrogen (secondary N) is 2. The van der Waals surface area contributed by atoms with Gasteiger partial charge in [0.05, 0.1) is 0 Å². The van der Waals surface area contributed by atoms with Crippen LogP contribution >= 0.6 is 11.8 Å². The van der Waals surface area contributed by atoms with Gasteiger partial charge in [0.1, 0.15) is 0 Å². The molecule has 5 heteroatoms. The van der Waals surface area contributed by atoms with E-state index >= 15 is 0 Å². The van der Waals surface area contributed by atoms with Crippen LogP contribution in [-0.4, -0.2) is 41.8 Å². The Kier molecular flexibility index (Phi) is 5.73. The monoisotopic (exact) mass is 294 g/mol. The van der Waals surface area contributed by atoms with Crippen LogP contribution in [0.4, 0.5) is 4.79 Å². The van der Waals surface area contributed by atoms with Crippen molar-refractivity contribution in [2.45, 2.75) is 30.8 Å². The number of hydrogen-bond donors (Lipinski definition) is 3. The SMILES string of the molecule is CSCC(CCO)NC(=O)NC1CC1c1ccccc1. The molecule has 1 aromatic rings. The second-order valence-corrected chi connectivity index (χ2v) is 6.05. The van der Waals surface area contributed by atoms with Crippen LogP contribution < -0.4 is 10.6 Å². The summed E-state index contributed by atoms with van der Waals surface area (Å²) >= 11 is 1.67. The summed E-state index contributed by atoms with van der Waals surface area (Å²) < 4.78 is 0. The second kappa shape index (κ2) is 7.55. The highest BCUT2D eigenvalue weighted by Gasteiger charge is 2.39. The Morgan fingerprint density at radius 2 is 2.20 bits per heavy atom. The van der Waals surface area contributed by atoms with Gasteiger partial charge in [-0.05, 0) is 24.7 Å². The minimum absolute atomic E-state index is 0.0314. The smallest absolute Gasteiger partial charge is 0.315 e. The molecule has 2 rings (SSSR count). The van der Waals surface area contributed by atoms with Crippen LogP contribution in [0.15, 0.2) is 30.3 Å². The highest BCUT2D eigenvalue weighted by Crippen LogP contribution is 2.40. The van der Waals surface area contributed by atoms with E-state index in [0.29, 0.717) is 12.3 Å². The average molecular weight is 294 g/mol. The Morgan fingerprint density at radius 3 is 2.85 bits per heavy atom. The summed E-state index contributed by atoms with van der Waals surface area (Å²) in [6.07, 6.45) is 3.60. The summed E-state index contributed by atoms with van der Waals surface area (Å²) in [5.74, 6) is 1.26. The molecule has 2 amide bonds. The van der Waals surface area contributed by atoms with Crippen LogP contribution in [0, 0.1) is 0 Å². The van der Waals surface area contributed by atoms with Gasteiger partial charge >= 0.3 is 6.03 Å². The van der Waals surface area contributed by atoms with Crippen LogP contribution in [0.3, 0.4) is 0 Å². The third kappa shape index (κ3) is 4.42. The first kappa shape index (κ1) is 15.2. The molecule has 1 saturated carbocycles. The van der Waals surface area contributed by atoms with E-state index in [1.165, 1.54) is 5.56 Å². The summed E-state index contributed by atoms with van der Waals surface area (Å²) in [7, 11) is 0. The number of urea groups is 1.